The molecule has 0 spiro atoms. The van der Waals surface area contributed by atoms with Gasteiger partial charge in [0.2, 0.25) is 0 Å². The van der Waals surface area contributed by atoms with Crippen LogP contribution in [0.25, 0.3) is 5.52 Å². The summed E-state index contributed by atoms with van der Waals surface area (Å²) in [7, 11) is 3.26. The van der Waals surface area contributed by atoms with E-state index in [0.717, 1.165) is 42.3 Å². The zero-order valence-electron chi connectivity index (χ0n) is 17.2. The molecule has 152 valence electrons. The van der Waals surface area contributed by atoms with Crippen molar-refractivity contribution in [2.24, 2.45) is 0 Å². The first-order chi connectivity index (χ1) is 14.1. The van der Waals surface area contributed by atoms with Gasteiger partial charge in [-0.15, -0.1) is 0 Å². The van der Waals surface area contributed by atoms with Gasteiger partial charge in [0.15, 0.2) is 11.5 Å². The number of hydrogen-bond donors (Lipinski definition) is 0. The Balaban J connectivity index is 1.72. The van der Waals surface area contributed by atoms with Gasteiger partial charge in [-0.2, -0.15) is 5.10 Å². The van der Waals surface area contributed by atoms with E-state index in [9.17, 15) is 4.79 Å². The highest BCUT2D eigenvalue weighted by Crippen LogP contribution is 2.34. The number of carbonyl (C=O) groups excluding carboxylic acids is 1. The second-order valence-electron chi connectivity index (χ2n) is 7.62. The van der Waals surface area contributed by atoms with Crippen LogP contribution in [0.15, 0.2) is 42.7 Å². The molecule has 0 unspecified atom stereocenters. The molecule has 1 fully saturated rings. The number of benzene rings is 1. The zero-order chi connectivity index (χ0) is 20.4. The molecule has 0 bridgehead atoms. The predicted molar refractivity (Wildman–Crippen MR) is 112 cm³/mol. The molecule has 4 rings (SSSR count). The molecule has 2 heterocycles. The highest BCUT2D eigenvalue weighted by atomic mass is 16.5. The first-order valence-electron chi connectivity index (χ1n) is 10.1. The number of aryl methyl sites for hydroxylation is 1. The van der Waals surface area contributed by atoms with E-state index in [1.54, 1.807) is 24.9 Å². The minimum absolute atomic E-state index is 0.0145. The van der Waals surface area contributed by atoms with Gasteiger partial charge in [-0.05, 0) is 37.5 Å². The largest absolute Gasteiger partial charge is 0.493 e. The second kappa shape index (κ2) is 8.15. The quantitative estimate of drug-likeness (QED) is 0.628. The minimum Gasteiger partial charge on any atom is -0.493 e. The third kappa shape index (κ3) is 3.67. The summed E-state index contributed by atoms with van der Waals surface area (Å²) in [5.74, 6) is 1.37. The fourth-order valence-electron chi connectivity index (χ4n) is 4.25. The summed E-state index contributed by atoms with van der Waals surface area (Å²) in [6, 6.07) is 10.0. The van der Waals surface area contributed by atoms with Crippen molar-refractivity contribution in [3.8, 4) is 11.5 Å². The Kier molecular flexibility index (Phi) is 5.43. The lowest BCUT2D eigenvalue weighted by Crippen LogP contribution is -2.38. The molecule has 0 atom stereocenters. The molecular weight excluding hydrogens is 366 g/mol. The number of para-hydroxylation sites is 1. The Morgan fingerprint density at radius 1 is 1.17 bits per heavy atom. The maximum atomic E-state index is 13.7. The third-order valence-corrected chi connectivity index (χ3v) is 5.75. The van der Waals surface area contributed by atoms with E-state index in [2.05, 4.69) is 5.10 Å². The van der Waals surface area contributed by atoms with E-state index < -0.39 is 0 Å². The lowest BCUT2D eigenvalue weighted by atomic mass is 10.1. The number of nitrogens with zero attached hydrogens (tertiary/aromatic N) is 3. The van der Waals surface area contributed by atoms with Crippen LogP contribution >= 0.6 is 0 Å². The van der Waals surface area contributed by atoms with Gasteiger partial charge in [0.05, 0.1) is 38.0 Å². The maximum Gasteiger partial charge on any atom is 0.258 e. The number of methoxy groups -OCH3 is 2. The van der Waals surface area contributed by atoms with Gasteiger partial charge in [0.25, 0.3) is 5.91 Å². The summed E-state index contributed by atoms with van der Waals surface area (Å²) >= 11 is 0. The molecule has 1 amide bonds. The van der Waals surface area contributed by atoms with Crippen LogP contribution in [0.4, 0.5) is 0 Å². The Morgan fingerprint density at radius 3 is 2.69 bits per heavy atom. The molecule has 6 heteroatoms. The van der Waals surface area contributed by atoms with Crippen molar-refractivity contribution in [1.29, 1.82) is 0 Å². The van der Waals surface area contributed by atoms with Crippen LogP contribution in [0.1, 0.15) is 47.2 Å². The Hall–Kier alpha value is -3.02. The van der Waals surface area contributed by atoms with Gasteiger partial charge < -0.3 is 14.4 Å². The average Bonchev–Trinajstić information content (AvgIpc) is 3.40. The Morgan fingerprint density at radius 2 is 1.97 bits per heavy atom. The zero-order valence-corrected chi connectivity index (χ0v) is 17.2. The summed E-state index contributed by atoms with van der Waals surface area (Å²) in [4.78, 5) is 15.6. The summed E-state index contributed by atoms with van der Waals surface area (Å²) < 4.78 is 12.8. The third-order valence-electron chi connectivity index (χ3n) is 5.75. The highest BCUT2D eigenvalue weighted by Gasteiger charge is 2.30. The summed E-state index contributed by atoms with van der Waals surface area (Å²) in [5.41, 5.74) is 3.52. The van der Waals surface area contributed by atoms with Gasteiger partial charge in [-0.1, -0.05) is 31.0 Å². The number of aromatic nitrogens is 2. The van der Waals surface area contributed by atoms with Crippen molar-refractivity contribution in [2.45, 2.75) is 45.2 Å². The lowest BCUT2D eigenvalue weighted by molar-refractivity contribution is 0.0664. The van der Waals surface area contributed by atoms with Crippen molar-refractivity contribution in [3.63, 3.8) is 0 Å². The van der Waals surface area contributed by atoms with Gasteiger partial charge in [-0.3, -0.25) is 4.79 Å². The van der Waals surface area contributed by atoms with Crippen LogP contribution in [0.2, 0.25) is 0 Å². The van der Waals surface area contributed by atoms with Gasteiger partial charge in [0, 0.05) is 17.8 Å². The lowest BCUT2D eigenvalue weighted by Gasteiger charge is -2.29. The van der Waals surface area contributed by atoms with E-state index >= 15 is 0 Å². The van der Waals surface area contributed by atoms with Crippen molar-refractivity contribution in [3.05, 3.63) is 59.4 Å². The smallest absolute Gasteiger partial charge is 0.258 e. The van der Waals surface area contributed by atoms with E-state index in [1.165, 1.54) is 0 Å². The average molecular weight is 393 g/mol. The van der Waals surface area contributed by atoms with E-state index in [0.29, 0.717) is 23.6 Å². The molecule has 1 saturated carbocycles. The number of carbonyl (C=O) groups is 1. The molecule has 0 aliphatic heterocycles. The first-order valence-corrected chi connectivity index (χ1v) is 10.1. The molecule has 0 saturated heterocycles. The molecule has 1 aliphatic carbocycles. The molecule has 2 aromatic heterocycles. The van der Waals surface area contributed by atoms with Crippen molar-refractivity contribution < 1.29 is 14.3 Å². The second-order valence-corrected chi connectivity index (χ2v) is 7.62. The van der Waals surface area contributed by atoms with Crippen LogP contribution in [0.3, 0.4) is 0 Å². The van der Waals surface area contributed by atoms with Crippen LogP contribution in [-0.4, -0.2) is 40.7 Å². The highest BCUT2D eigenvalue weighted by molar-refractivity contribution is 6.00. The summed E-state index contributed by atoms with van der Waals surface area (Å²) in [6.45, 7) is 2.50. The van der Waals surface area contributed by atoms with E-state index in [-0.39, 0.29) is 11.9 Å². The van der Waals surface area contributed by atoms with Crippen LogP contribution in [0.5, 0.6) is 11.5 Å². The fraction of sp³-hybridized carbons (Fsp3) is 0.391. The molecule has 29 heavy (non-hydrogen) atoms. The summed E-state index contributed by atoms with van der Waals surface area (Å²) in [6.07, 6.45) is 7.97. The normalized spacial score (nSPS) is 14.3. The minimum atomic E-state index is 0.0145. The molecule has 0 radical (unpaired) electrons. The molecule has 3 aromatic rings. The standard InChI is InChI=1S/C23H27N3O3/c1-16-11-12-20-19(13-24-26(20)14-16)23(27)25(18-8-4-5-9-18)15-17-7-6-10-21(28-2)22(17)29-3/h6-7,10-14,18H,4-5,8-9,15H2,1-3H3. The van der Waals surface area contributed by atoms with Gasteiger partial charge in [0.1, 0.15) is 0 Å². The Bertz CT molecular complexity index is 1020. The van der Waals surface area contributed by atoms with Crippen LogP contribution < -0.4 is 9.47 Å². The van der Waals surface area contributed by atoms with E-state index in [1.807, 2.05) is 48.4 Å². The number of pyridine rings is 1. The SMILES string of the molecule is COc1cccc(CN(C(=O)c2cnn3cc(C)ccc23)C2CCCC2)c1OC. The fourth-order valence-corrected chi connectivity index (χ4v) is 4.25. The van der Waals surface area contributed by atoms with E-state index in [4.69, 9.17) is 9.47 Å². The first kappa shape index (κ1) is 19.3. The van der Waals surface area contributed by atoms with Crippen molar-refractivity contribution in [1.82, 2.24) is 14.5 Å². The Labute approximate surface area is 171 Å². The van der Waals surface area contributed by atoms with Gasteiger partial charge >= 0.3 is 0 Å². The van der Waals surface area contributed by atoms with Gasteiger partial charge in [-0.25, -0.2) is 4.52 Å². The molecule has 0 N–H and O–H groups in total. The maximum absolute atomic E-state index is 13.7. The number of rotatable bonds is 6. The van der Waals surface area contributed by atoms with Crippen molar-refractivity contribution >= 4 is 11.4 Å². The molecule has 1 aromatic carbocycles. The molecule has 1 aliphatic rings. The number of hydrogen-bond acceptors (Lipinski definition) is 4. The number of fused-ring (bicyclic) bond motifs is 1. The molecular formula is C23H27N3O3. The number of ether oxygens (including phenoxy) is 2. The summed E-state index contributed by atoms with van der Waals surface area (Å²) in [5, 5.41) is 4.40. The topological polar surface area (TPSA) is 56.1 Å². The number of amides is 1. The van der Waals surface area contributed by atoms with Crippen LogP contribution in [-0.2, 0) is 6.54 Å². The van der Waals surface area contributed by atoms with Crippen LogP contribution in [0, 0.1) is 6.92 Å². The predicted octanol–water partition coefficient (Wildman–Crippen LogP) is 4.24. The molecule has 6 nitrogen and oxygen atoms in total. The monoisotopic (exact) mass is 393 g/mol. The van der Waals surface area contributed by atoms with Crippen molar-refractivity contribution in [2.75, 3.05) is 14.2 Å².